The Morgan fingerprint density at radius 2 is 1.74 bits per heavy atom. The lowest BCUT2D eigenvalue weighted by molar-refractivity contribution is 0.249. The third-order valence-corrected chi connectivity index (χ3v) is 5.75. The normalized spacial score (nSPS) is 14.4. The van der Waals surface area contributed by atoms with Gasteiger partial charge in [0, 0.05) is 44.7 Å². The van der Waals surface area contributed by atoms with E-state index in [0.29, 0.717) is 6.54 Å². The summed E-state index contributed by atoms with van der Waals surface area (Å²) in [7, 11) is 0. The third-order valence-electron chi connectivity index (χ3n) is 5.75. The molecule has 1 fully saturated rings. The summed E-state index contributed by atoms with van der Waals surface area (Å²) in [6.45, 7) is 7.40. The molecule has 0 unspecified atom stereocenters. The van der Waals surface area contributed by atoms with Crippen molar-refractivity contribution >= 4 is 52.6 Å². The van der Waals surface area contributed by atoms with E-state index in [0.717, 1.165) is 60.5 Å². The Kier molecular flexibility index (Phi) is 7.20. The molecule has 3 heterocycles. The summed E-state index contributed by atoms with van der Waals surface area (Å²) in [5.74, 6) is 0.946. The number of hydrogen-bond donors (Lipinski definition) is 1. The highest BCUT2D eigenvalue weighted by molar-refractivity contribution is 5.98. The van der Waals surface area contributed by atoms with E-state index in [9.17, 15) is 4.79 Å². The average Bonchev–Trinajstić information content (AvgIpc) is 3.07. The summed E-state index contributed by atoms with van der Waals surface area (Å²) in [6, 6.07) is 14.6. The van der Waals surface area contributed by atoms with Crippen molar-refractivity contribution in [1.29, 1.82) is 0 Å². The highest BCUT2D eigenvalue weighted by Crippen LogP contribution is 2.27. The van der Waals surface area contributed by atoms with Crippen LogP contribution in [0, 0.1) is 0 Å². The summed E-state index contributed by atoms with van der Waals surface area (Å²) in [4.78, 5) is 29.0. The first-order chi connectivity index (χ1) is 14.2. The first kappa shape index (κ1) is 23.1. The predicted molar refractivity (Wildman–Crippen MR) is 130 cm³/mol. The molecule has 0 saturated carbocycles. The van der Waals surface area contributed by atoms with Crippen molar-refractivity contribution in [3.63, 3.8) is 0 Å². The molecular weight excluding hydrogens is 435 g/mol. The molecular formula is C22H26Cl2N6O. The van der Waals surface area contributed by atoms with Gasteiger partial charge in [-0.2, -0.15) is 0 Å². The molecule has 1 N–H and O–H groups in total. The molecule has 2 aromatic carbocycles. The topological polar surface area (TPSA) is 70.1 Å². The van der Waals surface area contributed by atoms with Crippen LogP contribution < -0.4 is 10.6 Å². The van der Waals surface area contributed by atoms with Gasteiger partial charge in [-0.3, -0.25) is 9.47 Å². The summed E-state index contributed by atoms with van der Waals surface area (Å²) < 4.78 is 1.74. The highest BCUT2D eigenvalue weighted by atomic mass is 35.5. The molecule has 1 aliphatic heterocycles. The number of piperazine rings is 1. The Labute approximate surface area is 192 Å². The molecule has 0 amide bonds. The molecule has 31 heavy (non-hydrogen) atoms. The van der Waals surface area contributed by atoms with Gasteiger partial charge in [-0.25, -0.2) is 14.8 Å². The third kappa shape index (κ3) is 4.39. The van der Waals surface area contributed by atoms with Crippen LogP contribution in [-0.2, 0) is 13.1 Å². The second-order valence-electron chi connectivity index (χ2n) is 7.51. The number of aromatic amines is 1. The van der Waals surface area contributed by atoms with Gasteiger partial charge in [0.25, 0.3) is 0 Å². The maximum atomic E-state index is 12.2. The molecule has 5 rings (SSSR count). The SMILES string of the molecule is CCn1c(=O)[nH]c2cc3c(N4CCN(Cc5ccccc5)CC4)ncnc3cc21.Cl.Cl. The van der Waals surface area contributed by atoms with Crippen molar-refractivity contribution in [2.45, 2.75) is 20.0 Å². The summed E-state index contributed by atoms with van der Waals surface area (Å²) in [6.07, 6.45) is 1.63. The quantitative estimate of drug-likeness (QED) is 0.504. The summed E-state index contributed by atoms with van der Waals surface area (Å²) in [5, 5.41) is 0.987. The summed E-state index contributed by atoms with van der Waals surface area (Å²) in [5.41, 5.74) is 3.86. The van der Waals surface area contributed by atoms with Crippen molar-refractivity contribution in [2.24, 2.45) is 0 Å². The van der Waals surface area contributed by atoms with Gasteiger partial charge in [-0.1, -0.05) is 30.3 Å². The van der Waals surface area contributed by atoms with Crippen LogP contribution in [0.15, 0.2) is 53.6 Å². The number of nitrogens with one attached hydrogen (secondary N) is 1. The van der Waals surface area contributed by atoms with Gasteiger partial charge in [-0.05, 0) is 24.6 Å². The van der Waals surface area contributed by atoms with Crippen LogP contribution in [0.5, 0.6) is 0 Å². The minimum absolute atomic E-state index is 0. The number of benzene rings is 2. The average molecular weight is 461 g/mol. The van der Waals surface area contributed by atoms with Crippen molar-refractivity contribution in [2.75, 3.05) is 31.1 Å². The number of nitrogens with zero attached hydrogens (tertiary/aromatic N) is 5. The molecule has 2 aromatic heterocycles. The number of halogens is 2. The fraction of sp³-hybridized carbons (Fsp3) is 0.318. The zero-order valence-corrected chi connectivity index (χ0v) is 19.0. The van der Waals surface area contributed by atoms with Gasteiger partial charge in [0.2, 0.25) is 0 Å². The van der Waals surface area contributed by atoms with Crippen molar-refractivity contribution in [1.82, 2.24) is 24.4 Å². The molecule has 0 atom stereocenters. The van der Waals surface area contributed by atoms with Crippen molar-refractivity contribution in [3.8, 4) is 0 Å². The molecule has 0 aliphatic carbocycles. The van der Waals surface area contributed by atoms with Gasteiger partial charge in [0.15, 0.2) is 0 Å². The Balaban J connectivity index is 0.00000136. The lowest BCUT2D eigenvalue weighted by atomic mass is 10.1. The zero-order chi connectivity index (χ0) is 19.8. The number of aromatic nitrogens is 4. The molecule has 0 bridgehead atoms. The van der Waals surface area contributed by atoms with E-state index in [-0.39, 0.29) is 30.5 Å². The minimum Gasteiger partial charge on any atom is -0.353 e. The number of H-pyrrole nitrogens is 1. The van der Waals surface area contributed by atoms with Gasteiger partial charge < -0.3 is 9.88 Å². The number of imidazole rings is 1. The van der Waals surface area contributed by atoms with E-state index >= 15 is 0 Å². The highest BCUT2D eigenvalue weighted by Gasteiger charge is 2.21. The van der Waals surface area contributed by atoms with Gasteiger partial charge >= 0.3 is 5.69 Å². The van der Waals surface area contributed by atoms with Crippen LogP contribution in [-0.4, -0.2) is 50.6 Å². The van der Waals surface area contributed by atoms with Crippen molar-refractivity contribution < 1.29 is 0 Å². The standard InChI is InChI=1S/C22H24N6O.2ClH/c1-2-28-20-13-18-17(12-19(20)25-22(28)29)21(24-15-23-18)27-10-8-26(9-11-27)14-16-6-4-3-5-7-16;;/h3-7,12-13,15H,2,8-11,14H2,1H3,(H,25,29);2*1H. The second-order valence-corrected chi connectivity index (χ2v) is 7.51. The number of hydrogen-bond acceptors (Lipinski definition) is 5. The Morgan fingerprint density at radius 3 is 2.45 bits per heavy atom. The maximum absolute atomic E-state index is 12.2. The first-order valence-electron chi connectivity index (χ1n) is 10.1. The Bertz CT molecular complexity index is 1220. The fourth-order valence-corrected chi connectivity index (χ4v) is 4.22. The van der Waals surface area contributed by atoms with Crippen LogP contribution in [0.4, 0.5) is 5.82 Å². The van der Waals surface area contributed by atoms with E-state index < -0.39 is 0 Å². The molecule has 7 nitrogen and oxygen atoms in total. The largest absolute Gasteiger partial charge is 0.353 e. The Morgan fingerprint density at radius 1 is 1.00 bits per heavy atom. The molecule has 164 valence electrons. The minimum atomic E-state index is -0.0816. The lowest BCUT2D eigenvalue weighted by Gasteiger charge is -2.35. The number of rotatable bonds is 4. The monoisotopic (exact) mass is 460 g/mol. The van der Waals surface area contributed by atoms with Crippen LogP contribution in [0.3, 0.4) is 0 Å². The Hall–Kier alpha value is -2.61. The lowest BCUT2D eigenvalue weighted by Crippen LogP contribution is -2.46. The van der Waals surface area contributed by atoms with Crippen LogP contribution in [0.25, 0.3) is 21.9 Å². The fourth-order valence-electron chi connectivity index (χ4n) is 4.22. The van der Waals surface area contributed by atoms with E-state index in [4.69, 9.17) is 0 Å². The molecule has 1 saturated heterocycles. The van der Waals surface area contributed by atoms with Crippen molar-refractivity contribution in [3.05, 3.63) is 64.8 Å². The zero-order valence-electron chi connectivity index (χ0n) is 17.3. The van der Waals surface area contributed by atoms with E-state index in [2.05, 4.69) is 55.1 Å². The van der Waals surface area contributed by atoms with E-state index in [1.807, 2.05) is 19.1 Å². The van der Waals surface area contributed by atoms with Gasteiger partial charge in [0.1, 0.15) is 12.1 Å². The molecule has 4 aromatic rings. The van der Waals surface area contributed by atoms with Gasteiger partial charge in [-0.15, -0.1) is 24.8 Å². The van der Waals surface area contributed by atoms with E-state index in [1.54, 1.807) is 10.9 Å². The van der Waals surface area contributed by atoms with Crippen LogP contribution in [0.1, 0.15) is 12.5 Å². The molecule has 1 aliphatic rings. The number of aryl methyl sites for hydroxylation is 1. The number of fused-ring (bicyclic) bond motifs is 2. The molecule has 0 spiro atoms. The molecule has 9 heteroatoms. The summed E-state index contributed by atoms with van der Waals surface area (Å²) >= 11 is 0. The van der Waals surface area contributed by atoms with E-state index in [1.165, 1.54) is 5.56 Å². The smallest absolute Gasteiger partial charge is 0.326 e. The molecule has 0 radical (unpaired) electrons. The maximum Gasteiger partial charge on any atom is 0.326 e. The van der Waals surface area contributed by atoms with Crippen LogP contribution >= 0.6 is 24.8 Å². The predicted octanol–water partition coefficient (Wildman–Crippen LogP) is 3.46. The second kappa shape index (κ2) is 9.68. The number of anilines is 1. The van der Waals surface area contributed by atoms with Crippen LogP contribution in [0.2, 0.25) is 0 Å². The van der Waals surface area contributed by atoms with Gasteiger partial charge in [0.05, 0.1) is 16.6 Å². The first-order valence-corrected chi connectivity index (χ1v) is 10.1.